The predicted molar refractivity (Wildman–Crippen MR) is 142 cm³/mol. The van der Waals surface area contributed by atoms with E-state index < -0.39 is 35.4 Å². The standard InChI is InChI=1S/C29H25ClF3N3O3/c30-19-10-7-17(8-11-19)27-34-24-14-20(31)21(32)15-25(24)36(27)26(16-5-3-1-2-4-6-16)28(37)35-23-12-9-18(29(38)39)13-22(23)33/h7-16,26H,1-6H2,(H,35,37)(H,38,39)/t26-/m0/s1. The van der Waals surface area contributed by atoms with Crippen LogP contribution in [0, 0.1) is 23.4 Å². The lowest BCUT2D eigenvalue weighted by Crippen LogP contribution is -2.33. The van der Waals surface area contributed by atoms with E-state index in [1.54, 1.807) is 28.8 Å². The van der Waals surface area contributed by atoms with Crippen LogP contribution in [0.3, 0.4) is 0 Å². The summed E-state index contributed by atoms with van der Waals surface area (Å²) in [7, 11) is 0. The molecule has 3 aromatic carbocycles. The fourth-order valence-corrected chi connectivity index (χ4v) is 5.43. The van der Waals surface area contributed by atoms with Crippen LogP contribution in [0.4, 0.5) is 18.9 Å². The van der Waals surface area contributed by atoms with E-state index in [9.17, 15) is 22.8 Å². The Bertz CT molecular complexity index is 1550. The molecule has 0 unspecified atom stereocenters. The van der Waals surface area contributed by atoms with Crippen molar-refractivity contribution in [2.75, 3.05) is 5.32 Å². The van der Waals surface area contributed by atoms with Gasteiger partial charge in [-0.25, -0.2) is 22.9 Å². The number of carboxylic acids is 1. The molecular weight excluding hydrogens is 531 g/mol. The number of benzene rings is 3. The molecule has 202 valence electrons. The van der Waals surface area contributed by atoms with Crippen molar-refractivity contribution in [1.82, 2.24) is 9.55 Å². The molecule has 1 heterocycles. The van der Waals surface area contributed by atoms with Crippen molar-refractivity contribution in [1.29, 1.82) is 0 Å². The molecule has 1 fully saturated rings. The molecule has 0 aliphatic heterocycles. The highest BCUT2D eigenvalue weighted by Gasteiger charge is 2.34. The molecule has 0 saturated heterocycles. The molecule has 39 heavy (non-hydrogen) atoms. The van der Waals surface area contributed by atoms with Crippen LogP contribution >= 0.6 is 11.6 Å². The summed E-state index contributed by atoms with van der Waals surface area (Å²) in [6.07, 6.45) is 5.16. The van der Waals surface area contributed by atoms with Crippen LogP contribution in [0.1, 0.15) is 54.9 Å². The van der Waals surface area contributed by atoms with Gasteiger partial charge >= 0.3 is 5.97 Å². The summed E-state index contributed by atoms with van der Waals surface area (Å²) >= 11 is 6.09. The topological polar surface area (TPSA) is 84.2 Å². The molecule has 4 aromatic rings. The molecule has 0 radical (unpaired) electrons. The Labute approximate surface area is 227 Å². The van der Waals surface area contributed by atoms with Crippen molar-refractivity contribution in [2.24, 2.45) is 5.92 Å². The third-order valence-corrected chi connectivity index (χ3v) is 7.45. The maximum absolute atomic E-state index is 14.8. The molecule has 2 N–H and O–H groups in total. The van der Waals surface area contributed by atoms with Gasteiger partial charge in [0.05, 0.1) is 22.3 Å². The Morgan fingerprint density at radius 1 is 0.923 bits per heavy atom. The van der Waals surface area contributed by atoms with Gasteiger partial charge in [-0.1, -0.05) is 37.3 Å². The lowest BCUT2D eigenvalue weighted by molar-refractivity contribution is -0.120. The predicted octanol–water partition coefficient (Wildman–Crippen LogP) is 7.62. The van der Waals surface area contributed by atoms with Gasteiger partial charge in [0.1, 0.15) is 17.7 Å². The lowest BCUT2D eigenvalue weighted by atomic mass is 9.90. The summed E-state index contributed by atoms with van der Waals surface area (Å²) in [6.45, 7) is 0. The van der Waals surface area contributed by atoms with Gasteiger partial charge in [-0.15, -0.1) is 0 Å². The Balaban J connectivity index is 1.68. The zero-order valence-electron chi connectivity index (χ0n) is 20.8. The van der Waals surface area contributed by atoms with E-state index in [2.05, 4.69) is 10.3 Å². The first kappa shape index (κ1) is 26.7. The summed E-state index contributed by atoms with van der Waals surface area (Å²) in [5.74, 6) is -4.79. The molecule has 1 aliphatic carbocycles. The van der Waals surface area contributed by atoms with Gasteiger partial charge < -0.3 is 15.0 Å². The molecule has 1 atom stereocenters. The second-order valence-electron chi connectivity index (χ2n) is 9.75. The van der Waals surface area contributed by atoms with Gasteiger partial charge in [-0.2, -0.15) is 0 Å². The molecule has 10 heteroatoms. The Hall–Kier alpha value is -3.85. The first-order valence-electron chi connectivity index (χ1n) is 12.7. The maximum Gasteiger partial charge on any atom is 0.335 e. The van der Waals surface area contributed by atoms with Crippen LogP contribution in [0.2, 0.25) is 5.02 Å². The van der Waals surface area contributed by atoms with Gasteiger partial charge in [0.2, 0.25) is 5.91 Å². The average molecular weight is 556 g/mol. The number of fused-ring (bicyclic) bond motifs is 1. The Kier molecular flexibility index (Phi) is 7.61. The van der Waals surface area contributed by atoms with Gasteiger partial charge in [-0.3, -0.25) is 4.79 Å². The second kappa shape index (κ2) is 11.1. The van der Waals surface area contributed by atoms with E-state index >= 15 is 0 Å². The van der Waals surface area contributed by atoms with Gasteiger partial charge in [0.25, 0.3) is 0 Å². The van der Waals surface area contributed by atoms with Gasteiger partial charge in [0.15, 0.2) is 11.6 Å². The number of imidazole rings is 1. The number of aromatic nitrogens is 2. The van der Waals surface area contributed by atoms with Crippen molar-refractivity contribution in [3.63, 3.8) is 0 Å². The van der Waals surface area contributed by atoms with Gasteiger partial charge in [-0.05, 0) is 61.2 Å². The van der Waals surface area contributed by atoms with Crippen molar-refractivity contribution in [3.8, 4) is 11.4 Å². The second-order valence-corrected chi connectivity index (χ2v) is 10.2. The van der Waals surface area contributed by atoms with Crippen molar-refractivity contribution in [3.05, 3.63) is 82.6 Å². The minimum Gasteiger partial charge on any atom is -0.478 e. The molecule has 5 rings (SSSR count). The number of halogens is 4. The number of aromatic carboxylic acids is 1. The smallest absolute Gasteiger partial charge is 0.335 e. The minimum absolute atomic E-state index is 0.169. The van der Waals surface area contributed by atoms with Crippen LogP contribution in [-0.4, -0.2) is 26.5 Å². The van der Waals surface area contributed by atoms with Crippen LogP contribution in [-0.2, 0) is 4.79 Å². The largest absolute Gasteiger partial charge is 0.478 e. The van der Waals surface area contributed by atoms with E-state index in [0.717, 1.165) is 43.9 Å². The van der Waals surface area contributed by atoms with E-state index in [-0.39, 0.29) is 28.2 Å². The van der Waals surface area contributed by atoms with E-state index in [4.69, 9.17) is 16.7 Å². The fourth-order valence-electron chi connectivity index (χ4n) is 5.30. The summed E-state index contributed by atoms with van der Waals surface area (Å²) in [5, 5.41) is 12.3. The Morgan fingerprint density at radius 3 is 2.23 bits per heavy atom. The average Bonchev–Trinajstić information content (AvgIpc) is 3.06. The van der Waals surface area contributed by atoms with Crippen LogP contribution < -0.4 is 5.32 Å². The first-order chi connectivity index (χ1) is 18.7. The third kappa shape index (κ3) is 5.49. The number of anilines is 1. The molecule has 1 saturated carbocycles. The molecule has 0 bridgehead atoms. The number of nitrogens with zero attached hydrogens (tertiary/aromatic N) is 2. The van der Waals surface area contributed by atoms with E-state index in [1.807, 2.05) is 0 Å². The molecule has 1 amide bonds. The highest BCUT2D eigenvalue weighted by molar-refractivity contribution is 6.30. The Morgan fingerprint density at radius 2 is 1.59 bits per heavy atom. The molecule has 1 aromatic heterocycles. The maximum atomic E-state index is 14.8. The molecular formula is C29H25ClF3N3O3. The highest BCUT2D eigenvalue weighted by Crippen LogP contribution is 2.39. The van der Waals surface area contributed by atoms with E-state index in [0.29, 0.717) is 29.3 Å². The number of amides is 1. The number of rotatable bonds is 6. The van der Waals surface area contributed by atoms with Crippen molar-refractivity contribution >= 4 is 40.2 Å². The number of carbonyl (C=O) groups excluding carboxylic acids is 1. The SMILES string of the molecule is O=C(O)c1ccc(NC(=O)[C@H](C2CCCCCC2)n2c(-c3ccc(Cl)cc3)nc3cc(F)c(F)cc32)c(F)c1. The van der Waals surface area contributed by atoms with Crippen molar-refractivity contribution < 1.29 is 27.9 Å². The molecule has 6 nitrogen and oxygen atoms in total. The minimum atomic E-state index is -1.30. The number of carbonyl (C=O) groups is 2. The van der Waals surface area contributed by atoms with E-state index in [1.165, 1.54) is 12.1 Å². The quantitative estimate of drug-likeness (QED) is 0.240. The normalized spacial score (nSPS) is 15.2. The zero-order chi connectivity index (χ0) is 27.7. The summed E-state index contributed by atoms with van der Waals surface area (Å²) in [5.41, 5.74) is 0.541. The number of hydrogen-bond donors (Lipinski definition) is 2. The van der Waals surface area contributed by atoms with Gasteiger partial charge in [0, 0.05) is 22.7 Å². The first-order valence-corrected chi connectivity index (χ1v) is 13.1. The molecule has 1 aliphatic rings. The lowest BCUT2D eigenvalue weighted by Gasteiger charge is -2.29. The van der Waals surface area contributed by atoms with Crippen LogP contribution in [0.15, 0.2) is 54.6 Å². The third-order valence-electron chi connectivity index (χ3n) is 7.20. The zero-order valence-corrected chi connectivity index (χ0v) is 21.5. The van der Waals surface area contributed by atoms with Crippen molar-refractivity contribution in [2.45, 2.75) is 44.6 Å². The molecule has 0 spiro atoms. The van der Waals surface area contributed by atoms with Crippen LogP contribution in [0.5, 0.6) is 0 Å². The number of carboxylic acid groups (broad SMARTS) is 1. The summed E-state index contributed by atoms with van der Waals surface area (Å²) < 4.78 is 45.2. The number of hydrogen-bond acceptors (Lipinski definition) is 3. The number of nitrogens with one attached hydrogen (secondary N) is 1. The fraction of sp³-hybridized carbons (Fsp3) is 0.276. The summed E-state index contributed by atoms with van der Waals surface area (Å²) in [6, 6.07) is 11.0. The summed E-state index contributed by atoms with van der Waals surface area (Å²) in [4.78, 5) is 29.8. The van der Waals surface area contributed by atoms with Crippen LogP contribution in [0.25, 0.3) is 22.4 Å². The monoisotopic (exact) mass is 555 g/mol. The highest BCUT2D eigenvalue weighted by atomic mass is 35.5.